The fraction of sp³-hybridized carbons (Fsp3) is 0.455. The first-order valence-corrected chi connectivity index (χ1v) is 5.76. The lowest BCUT2D eigenvalue weighted by Crippen LogP contribution is -2.27. The van der Waals surface area contributed by atoms with Crippen LogP contribution in [0.5, 0.6) is 0 Å². The molecule has 0 saturated carbocycles. The van der Waals surface area contributed by atoms with Crippen molar-refractivity contribution in [2.24, 2.45) is 0 Å². The van der Waals surface area contributed by atoms with Crippen molar-refractivity contribution in [2.75, 3.05) is 32.1 Å². The molecular formula is C11H16ClN3O2. The van der Waals surface area contributed by atoms with E-state index in [9.17, 15) is 4.79 Å². The van der Waals surface area contributed by atoms with E-state index in [1.807, 2.05) is 6.92 Å². The highest BCUT2D eigenvalue weighted by Crippen LogP contribution is 2.19. The Kier molecular flexibility index (Phi) is 5.72. The predicted molar refractivity (Wildman–Crippen MR) is 67.6 cm³/mol. The highest BCUT2D eigenvalue weighted by molar-refractivity contribution is 6.33. The van der Waals surface area contributed by atoms with Crippen molar-refractivity contribution in [1.82, 2.24) is 10.3 Å². The van der Waals surface area contributed by atoms with Crippen LogP contribution in [-0.2, 0) is 4.74 Å². The van der Waals surface area contributed by atoms with Crippen LogP contribution in [0, 0.1) is 0 Å². The van der Waals surface area contributed by atoms with Gasteiger partial charge in [0.25, 0.3) is 5.91 Å². The minimum Gasteiger partial charge on any atom is -0.380 e. The topological polar surface area (TPSA) is 63.2 Å². The number of amides is 1. The van der Waals surface area contributed by atoms with E-state index in [-0.39, 0.29) is 5.91 Å². The molecule has 0 aliphatic rings. The zero-order valence-corrected chi connectivity index (χ0v) is 10.7. The number of pyridine rings is 1. The molecule has 0 bridgehead atoms. The molecule has 1 aromatic heterocycles. The molecule has 5 nitrogen and oxygen atoms in total. The van der Waals surface area contributed by atoms with Crippen molar-refractivity contribution in [3.63, 3.8) is 0 Å². The zero-order valence-electron chi connectivity index (χ0n) is 9.92. The molecule has 1 rings (SSSR count). The summed E-state index contributed by atoms with van der Waals surface area (Å²) < 4.78 is 5.11. The normalized spacial score (nSPS) is 10.1. The summed E-state index contributed by atoms with van der Waals surface area (Å²) in [4.78, 5) is 15.7. The molecule has 0 aliphatic carbocycles. The molecule has 0 unspecified atom stereocenters. The summed E-state index contributed by atoms with van der Waals surface area (Å²) in [7, 11) is 1.72. The summed E-state index contributed by atoms with van der Waals surface area (Å²) in [6, 6.07) is 1.58. The van der Waals surface area contributed by atoms with Crippen LogP contribution < -0.4 is 10.6 Å². The standard InChI is InChI=1S/C11H16ClN3O2/c1-3-17-5-4-14-11(16)8-6-9(12)10(13-2)15-7-8/h6-7H,3-5H2,1-2H3,(H,13,15)(H,14,16). The van der Waals surface area contributed by atoms with Gasteiger partial charge in [0.1, 0.15) is 5.82 Å². The number of nitrogens with one attached hydrogen (secondary N) is 2. The van der Waals surface area contributed by atoms with Crippen molar-refractivity contribution in [2.45, 2.75) is 6.92 Å². The average molecular weight is 258 g/mol. The first-order chi connectivity index (χ1) is 8.19. The lowest BCUT2D eigenvalue weighted by atomic mass is 10.2. The molecule has 0 atom stereocenters. The van der Waals surface area contributed by atoms with Crippen LogP contribution in [0.15, 0.2) is 12.3 Å². The number of carbonyl (C=O) groups is 1. The maximum atomic E-state index is 11.7. The van der Waals surface area contributed by atoms with Crippen LogP contribution in [0.4, 0.5) is 5.82 Å². The second-order valence-electron chi connectivity index (χ2n) is 3.26. The molecule has 2 N–H and O–H groups in total. The maximum absolute atomic E-state index is 11.7. The molecule has 0 fully saturated rings. The van der Waals surface area contributed by atoms with Gasteiger partial charge in [-0.25, -0.2) is 4.98 Å². The molecule has 1 amide bonds. The van der Waals surface area contributed by atoms with Crippen molar-refractivity contribution in [3.8, 4) is 0 Å². The SMILES string of the molecule is CCOCCNC(=O)c1cnc(NC)c(Cl)c1. The van der Waals surface area contributed by atoms with E-state index < -0.39 is 0 Å². The number of halogens is 1. The molecule has 1 aromatic rings. The number of rotatable bonds is 6. The Labute approximate surface area is 106 Å². The molecule has 17 heavy (non-hydrogen) atoms. The third-order valence-corrected chi connectivity index (χ3v) is 2.36. The quantitative estimate of drug-likeness (QED) is 0.759. The first-order valence-electron chi connectivity index (χ1n) is 5.38. The predicted octanol–water partition coefficient (Wildman–Crippen LogP) is 1.54. The molecule has 1 heterocycles. The number of ether oxygens (including phenoxy) is 1. The molecule has 0 saturated heterocycles. The number of hydrogen-bond acceptors (Lipinski definition) is 4. The number of nitrogens with zero attached hydrogens (tertiary/aromatic N) is 1. The maximum Gasteiger partial charge on any atom is 0.252 e. The third-order valence-electron chi connectivity index (χ3n) is 2.08. The van der Waals surface area contributed by atoms with E-state index >= 15 is 0 Å². The van der Waals surface area contributed by atoms with Gasteiger partial charge in [0, 0.05) is 26.4 Å². The summed E-state index contributed by atoms with van der Waals surface area (Å²) in [5.41, 5.74) is 0.436. The van der Waals surface area contributed by atoms with Gasteiger partial charge in [0.15, 0.2) is 0 Å². The fourth-order valence-electron chi connectivity index (χ4n) is 1.23. The molecule has 94 valence electrons. The van der Waals surface area contributed by atoms with Gasteiger partial charge < -0.3 is 15.4 Å². The van der Waals surface area contributed by atoms with Gasteiger partial charge >= 0.3 is 0 Å². The van der Waals surface area contributed by atoms with Crippen LogP contribution in [-0.4, -0.2) is 37.7 Å². The summed E-state index contributed by atoms with van der Waals surface area (Å²) in [6.07, 6.45) is 1.48. The summed E-state index contributed by atoms with van der Waals surface area (Å²) in [6.45, 7) is 3.51. The third kappa shape index (κ3) is 4.20. The van der Waals surface area contributed by atoms with E-state index in [1.165, 1.54) is 6.20 Å². The number of hydrogen-bond donors (Lipinski definition) is 2. The summed E-state index contributed by atoms with van der Waals surface area (Å²) >= 11 is 5.93. The Morgan fingerprint density at radius 3 is 2.94 bits per heavy atom. The lowest BCUT2D eigenvalue weighted by Gasteiger charge is -2.07. The smallest absolute Gasteiger partial charge is 0.252 e. The van der Waals surface area contributed by atoms with E-state index in [1.54, 1.807) is 13.1 Å². The summed E-state index contributed by atoms with van der Waals surface area (Å²) in [5, 5.41) is 5.96. The minimum absolute atomic E-state index is 0.207. The minimum atomic E-state index is -0.207. The summed E-state index contributed by atoms with van der Waals surface area (Å²) in [5.74, 6) is 0.347. The molecule has 0 spiro atoms. The largest absolute Gasteiger partial charge is 0.380 e. The van der Waals surface area contributed by atoms with E-state index in [2.05, 4.69) is 15.6 Å². The molecule has 0 aliphatic heterocycles. The van der Waals surface area contributed by atoms with Crippen LogP contribution in [0.25, 0.3) is 0 Å². The van der Waals surface area contributed by atoms with Crippen LogP contribution in [0.1, 0.15) is 17.3 Å². The van der Waals surface area contributed by atoms with Crippen LogP contribution in [0.2, 0.25) is 5.02 Å². The van der Waals surface area contributed by atoms with Crippen molar-refractivity contribution in [1.29, 1.82) is 0 Å². The van der Waals surface area contributed by atoms with Gasteiger partial charge in [0.05, 0.1) is 17.2 Å². The number of carbonyl (C=O) groups excluding carboxylic acids is 1. The molecule has 0 aromatic carbocycles. The number of anilines is 1. The van der Waals surface area contributed by atoms with Gasteiger partial charge in [-0.05, 0) is 13.0 Å². The van der Waals surface area contributed by atoms with Gasteiger partial charge in [-0.2, -0.15) is 0 Å². The second-order valence-corrected chi connectivity index (χ2v) is 3.66. The van der Waals surface area contributed by atoms with Gasteiger partial charge in [0.2, 0.25) is 0 Å². The van der Waals surface area contributed by atoms with E-state index in [4.69, 9.17) is 16.3 Å². The van der Waals surface area contributed by atoms with Gasteiger partial charge in [-0.15, -0.1) is 0 Å². The Morgan fingerprint density at radius 2 is 2.35 bits per heavy atom. The van der Waals surface area contributed by atoms with E-state index in [0.29, 0.717) is 36.2 Å². The second kappa shape index (κ2) is 7.09. The highest BCUT2D eigenvalue weighted by Gasteiger charge is 2.08. The Bertz CT molecular complexity index is 385. The first kappa shape index (κ1) is 13.7. The van der Waals surface area contributed by atoms with Gasteiger partial charge in [-0.3, -0.25) is 4.79 Å². The van der Waals surface area contributed by atoms with Crippen molar-refractivity contribution in [3.05, 3.63) is 22.8 Å². The molecular weight excluding hydrogens is 242 g/mol. The van der Waals surface area contributed by atoms with Crippen molar-refractivity contribution >= 4 is 23.3 Å². The zero-order chi connectivity index (χ0) is 12.7. The van der Waals surface area contributed by atoms with Crippen LogP contribution >= 0.6 is 11.6 Å². The average Bonchev–Trinajstić information content (AvgIpc) is 2.34. The molecule has 6 heteroatoms. The van der Waals surface area contributed by atoms with Gasteiger partial charge in [-0.1, -0.05) is 11.6 Å². The Morgan fingerprint density at radius 1 is 1.59 bits per heavy atom. The van der Waals surface area contributed by atoms with Crippen molar-refractivity contribution < 1.29 is 9.53 Å². The Balaban J connectivity index is 2.54. The lowest BCUT2D eigenvalue weighted by molar-refractivity contribution is 0.0922. The Hall–Kier alpha value is -1.33. The van der Waals surface area contributed by atoms with Crippen LogP contribution in [0.3, 0.4) is 0 Å². The molecule has 0 radical (unpaired) electrons. The monoisotopic (exact) mass is 257 g/mol. The number of aromatic nitrogens is 1. The highest BCUT2D eigenvalue weighted by atomic mass is 35.5. The fourth-order valence-corrected chi connectivity index (χ4v) is 1.49. The van der Waals surface area contributed by atoms with E-state index in [0.717, 1.165) is 0 Å².